The lowest BCUT2D eigenvalue weighted by molar-refractivity contribution is -0.123. The Balaban J connectivity index is 1.28. The summed E-state index contributed by atoms with van der Waals surface area (Å²) in [6.45, 7) is 4.50. The van der Waals surface area contributed by atoms with Crippen LogP contribution < -0.4 is 10.1 Å². The highest BCUT2D eigenvalue weighted by atomic mass is 16.5. The fraction of sp³-hybridized carbons (Fsp3) is 0.185. The van der Waals surface area contributed by atoms with Gasteiger partial charge in [-0.2, -0.15) is 0 Å². The van der Waals surface area contributed by atoms with Crippen molar-refractivity contribution in [3.63, 3.8) is 0 Å². The summed E-state index contributed by atoms with van der Waals surface area (Å²) >= 11 is 0. The lowest BCUT2D eigenvalue weighted by atomic mass is 10.0. The molecule has 0 spiro atoms. The van der Waals surface area contributed by atoms with Gasteiger partial charge < -0.3 is 14.6 Å². The average Bonchev–Trinajstić information content (AvgIpc) is 3.31. The van der Waals surface area contributed by atoms with E-state index in [4.69, 9.17) is 9.26 Å². The second kappa shape index (κ2) is 9.96. The number of carbonyl (C=O) groups excluding carboxylic acids is 1. The molecule has 4 rings (SSSR count). The van der Waals surface area contributed by atoms with Crippen molar-refractivity contribution in [1.82, 2.24) is 10.5 Å². The molecule has 0 fully saturated rings. The van der Waals surface area contributed by atoms with Gasteiger partial charge in [0.2, 0.25) is 0 Å². The molecule has 1 aromatic heterocycles. The number of nitrogens with one attached hydrogen (secondary N) is 1. The van der Waals surface area contributed by atoms with E-state index >= 15 is 0 Å². The molecular weight excluding hydrogens is 400 g/mol. The summed E-state index contributed by atoms with van der Waals surface area (Å²) in [7, 11) is 0. The molecule has 162 valence electrons. The van der Waals surface area contributed by atoms with Crippen molar-refractivity contribution in [2.75, 3.05) is 6.61 Å². The second-order valence-electron chi connectivity index (χ2n) is 7.92. The molecule has 0 atom stereocenters. The molecule has 32 heavy (non-hydrogen) atoms. The van der Waals surface area contributed by atoms with Crippen LogP contribution in [0.15, 0.2) is 89.5 Å². The molecule has 0 radical (unpaired) electrons. The number of benzene rings is 3. The molecule has 1 heterocycles. The SMILES string of the molecule is CC(C)c1ccc(OCC(=O)NCc2cc(-c3ccc(-c4ccccc4)cc3)on2)cc1. The third-order valence-corrected chi connectivity index (χ3v) is 5.22. The Morgan fingerprint density at radius 1 is 0.906 bits per heavy atom. The van der Waals surface area contributed by atoms with Crippen LogP contribution >= 0.6 is 0 Å². The number of amides is 1. The van der Waals surface area contributed by atoms with Gasteiger partial charge in [-0.15, -0.1) is 0 Å². The predicted octanol–water partition coefficient (Wildman–Crippen LogP) is 5.83. The zero-order chi connectivity index (χ0) is 22.3. The molecule has 0 unspecified atom stereocenters. The summed E-state index contributed by atoms with van der Waals surface area (Å²) in [4.78, 5) is 12.1. The number of hydrogen-bond acceptors (Lipinski definition) is 4. The van der Waals surface area contributed by atoms with Crippen molar-refractivity contribution in [3.05, 3.63) is 96.2 Å². The Bertz CT molecular complexity index is 1150. The van der Waals surface area contributed by atoms with Crippen LogP contribution in [0.5, 0.6) is 5.75 Å². The van der Waals surface area contributed by atoms with E-state index in [-0.39, 0.29) is 19.1 Å². The number of rotatable bonds is 8. The number of carbonyl (C=O) groups is 1. The van der Waals surface area contributed by atoms with Crippen LogP contribution in [-0.4, -0.2) is 17.7 Å². The second-order valence-corrected chi connectivity index (χ2v) is 7.92. The van der Waals surface area contributed by atoms with Gasteiger partial charge in [0, 0.05) is 11.6 Å². The zero-order valence-electron chi connectivity index (χ0n) is 18.2. The first-order valence-corrected chi connectivity index (χ1v) is 10.7. The minimum absolute atomic E-state index is 0.0489. The summed E-state index contributed by atoms with van der Waals surface area (Å²) in [6.07, 6.45) is 0. The molecule has 0 aliphatic carbocycles. The molecule has 0 aliphatic rings. The van der Waals surface area contributed by atoms with Crippen LogP contribution in [0.2, 0.25) is 0 Å². The quantitative estimate of drug-likeness (QED) is 0.385. The molecule has 1 N–H and O–H groups in total. The molecule has 0 saturated carbocycles. The predicted molar refractivity (Wildman–Crippen MR) is 125 cm³/mol. The highest BCUT2D eigenvalue weighted by molar-refractivity contribution is 5.77. The Labute approximate surface area is 188 Å². The van der Waals surface area contributed by atoms with Gasteiger partial charge in [0.05, 0.1) is 6.54 Å². The first-order valence-electron chi connectivity index (χ1n) is 10.7. The van der Waals surface area contributed by atoms with Gasteiger partial charge in [0.1, 0.15) is 11.4 Å². The van der Waals surface area contributed by atoms with Crippen LogP contribution in [0.25, 0.3) is 22.5 Å². The molecule has 0 aliphatic heterocycles. The first kappa shape index (κ1) is 21.4. The molecule has 4 aromatic rings. The Hall–Kier alpha value is -3.86. The molecule has 3 aromatic carbocycles. The van der Waals surface area contributed by atoms with Crippen molar-refractivity contribution in [2.45, 2.75) is 26.3 Å². The van der Waals surface area contributed by atoms with Gasteiger partial charge in [-0.3, -0.25) is 4.79 Å². The fourth-order valence-corrected chi connectivity index (χ4v) is 3.33. The number of aromatic nitrogens is 1. The average molecular weight is 427 g/mol. The molecule has 5 heteroatoms. The van der Waals surface area contributed by atoms with E-state index in [1.165, 1.54) is 5.56 Å². The van der Waals surface area contributed by atoms with Gasteiger partial charge >= 0.3 is 0 Å². The maximum absolute atomic E-state index is 12.1. The molecule has 1 amide bonds. The smallest absolute Gasteiger partial charge is 0.258 e. The minimum Gasteiger partial charge on any atom is -0.484 e. The van der Waals surface area contributed by atoms with Crippen molar-refractivity contribution < 1.29 is 14.1 Å². The van der Waals surface area contributed by atoms with E-state index in [9.17, 15) is 4.79 Å². The summed E-state index contributed by atoms with van der Waals surface area (Å²) in [5, 5.41) is 6.87. The number of hydrogen-bond donors (Lipinski definition) is 1. The maximum atomic E-state index is 12.1. The van der Waals surface area contributed by atoms with Crippen molar-refractivity contribution in [3.8, 4) is 28.2 Å². The van der Waals surface area contributed by atoms with Gasteiger partial charge in [-0.25, -0.2) is 0 Å². The third-order valence-electron chi connectivity index (χ3n) is 5.22. The van der Waals surface area contributed by atoms with Crippen LogP contribution in [-0.2, 0) is 11.3 Å². The van der Waals surface area contributed by atoms with Gasteiger partial charge in [0.15, 0.2) is 12.4 Å². The highest BCUT2D eigenvalue weighted by Gasteiger charge is 2.09. The largest absolute Gasteiger partial charge is 0.484 e. The number of ether oxygens (including phenoxy) is 1. The van der Waals surface area contributed by atoms with Crippen LogP contribution in [0.1, 0.15) is 31.0 Å². The summed E-state index contributed by atoms with van der Waals surface area (Å²) < 4.78 is 11.0. The van der Waals surface area contributed by atoms with E-state index in [2.05, 4.69) is 48.6 Å². The Morgan fingerprint density at radius 3 is 2.25 bits per heavy atom. The van der Waals surface area contributed by atoms with Gasteiger partial charge in [-0.05, 0) is 34.7 Å². The normalized spacial score (nSPS) is 10.8. The van der Waals surface area contributed by atoms with Crippen molar-refractivity contribution in [2.24, 2.45) is 0 Å². The number of nitrogens with zero attached hydrogens (tertiary/aromatic N) is 1. The topological polar surface area (TPSA) is 64.4 Å². The standard InChI is InChI=1S/C27H26N2O3/c1-19(2)20-12-14-25(15-13-20)31-18-27(30)28-17-24-16-26(32-29-24)23-10-8-22(9-11-23)21-6-4-3-5-7-21/h3-16,19H,17-18H2,1-2H3,(H,28,30). The maximum Gasteiger partial charge on any atom is 0.258 e. The van der Waals surface area contributed by atoms with E-state index in [0.29, 0.717) is 23.1 Å². The molecular formula is C27H26N2O3. The lowest BCUT2D eigenvalue weighted by Crippen LogP contribution is -2.28. The monoisotopic (exact) mass is 426 g/mol. The summed E-state index contributed by atoms with van der Waals surface area (Å²) in [6, 6.07) is 28.0. The van der Waals surface area contributed by atoms with E-state index < -0.39 is 0 Å². The molecule has 5 nitrogen and oxygen atoms in total. The lowest BCUT2D eigenvalue weighted by Gasteiger charge is -2.09. The van der Waals surface area contributed by atoms with Crippen LogP contribution in [0.4, 0.5) is 0 Å². The minimum atomic E-state index is -0.213. The van der Waals surface area contributed by atoms with Crippen LogP contribution in [0, 0.1) is 0 Å². The summed E-state index contributed by atoms with van der Waals surface area (Å²) in [5.41, 5.74) is 5.13. The van der Waals surface area contributed by atoms with E-state index in [0.717, 1.165) is 16.7 Å². The molecule has 0 saturated heterocycles. The third kappa shape index (κ3) is 5.43. The van der Waals surface area contributed by atoms with Gasteiger partial charge in [-0.1, -0.05) is 85.7 Å². The fourth-order valence-electron chi connectivity index (χ4n) is 3.33. The van der Waals surface area contributed by atoms with Gasteiger partial charge in [0.25, 0.3) is 5.91 Å². The van der Waals surface area contributed by atoms with Crippen LogP contribution in [0.3, 0.4) is 0 Å². The highest BCUT2D eigenvalue weighted by Crippen LogP contribution is 2.25. The summed E-state index contributed by atoms with van der Waals surface area (Å²) in [5.74, 6) is 1.58. The zero-order valence-corrected chi connectivity index (χ0v) is 18.2. The Kier molecular flexibility index (Phi) is 6.66. The van der Waals surface area contributed by atoms with Crippen molar-refractivity contribution in [1.29, 1.82) is 0 Å². The molecule has 0 bridgehead atoms. The van der Waals surface area contributed by atoms with E-state index in [1.54, 1.807) is 0 Å². The Morgan fingerprint density at radius 2 is 1.56 bits per heavy atom. The first-order chi connectivity index (χ1) is 15.6. The van der Waals surface area contributed by atoms with Crippen molar-refractivity contribution >= 4 is 5.91 Å². The van der Waals surface area contributed by atoms with E-state index in [1.807, 2.05) is 60.7 Å².